The Morgan fingerprint density at radius 1 is 1.09 bits per heavy atom. The number of hydrogen-bond acceptors (Lipinski definition) is 6. The fraction of sp³-hybridized carbons (Fsp3) is 0.346. The summed E-state index contributed by atoms with van der Waals surface area (Å²) in [5.41, 5.74) is 4.12. The third-order valence-electron chi connectivity index (χ3n) is 5.51. The van der Waals surface area contributed by atoms with E-state index in [9.17, 15) is 19.5 Å². The monoisotopic (exact) mass is 506 g/mol. The third-order valence-corrected chi connectivity index (χ3v) is 5.51. The number of ether oxygens (including phenoxy) is 2. The topological polar surface area (TPSA) is 130 Å². The van der Waals surface area contributed by atoms with Crippen molar-refractivity contribution in [3.8, 4) is 11.5 Å². The number of benzene rings is 2. The second-order valence-corrected chi connectivity index (χ2v) is 7.94. The van der Waals surface area contributed by atoms with Crippen LogP contribution in [-0.4, -0.2) is 40.3 Å². The van der Waals surface area contributed by atoms with Gasteiger partial charge in [0.15, 0.2) is 0 Å². The van der Waals surface area contributed by atoms with Crippen LogP contribution in [-0.2, 0) is 33.8 Å². The average Bonchev–Trinajstić information content (AvgIpc) is 3.20. The molecule has 0 bridgehead atoms. The summed E-state index contributed by atoms with van der Waals surface area (Å²) in [7, 11) is 1.51. The first kappa shape index (κ1) is 29.5. The van der Waals surface area contributed by atoms with Crippen LogP contribution in [0.1, 0.15) is 58.8 Å². The number of aliphatic carboxylic acids is 2. The number of carboxylic acids is 2. The number of phenols is 1. The van der Waals surface area contributed by atoms with E-state index in [1.807, 2.05) is 50.3 Å². The van der Waals surface area contributed by atoms with E-state index in [4.69, 9.17) is 19.7 Å². The highest BCUT2D eigenvalue weighted by Crippen LogP contribution is 2.42. The fourth-order valence-electron chi connectivity index (χ4n) is 3.61. The molecule has 2 aromatic rings. The van der Waals surface area contributed by atoms with E-state index in [0.29, 0.717) is 36.1 Å². The van der Waals surface area contributed by atoms with Crippen molar-refractivity contribution in [3.05, 3.63) is 69.8 Å². The van der Waals surface area contributed by atoms with Crippen LogP contribution in [0.2, 0.25) is 0 Å². The van der Waals surface area contributed by atoms with Crippen molar-refractivity contribution in [3.63, 3.8) is 0 Å². The zero-order valence-electron chi connectivity index (χ0n) is 20.0. The molecule has 0 saturated carbocycles. The molecule has 1 aliphatic heterocycles. The van der Waals surface area contributed by atoms with Crippen LogP contribution in [0.4, 0.5) is 0 Å². The van der Waals surface area contributed by atoms with Gasteiger partial charge in [0.2, 0.25) is 0 Å². The number of carboxylic acid groups (broad SMARTS) is 2. The number of aryl methyl sites for hydroxylation is 1. The van der Waals surface area contributed by atoms with Crippen molar-refractivity contribution in [2.45, 2.75) is 52.6 Å². The molecule has 3 rings (SSSR count). The number of carbonyl (C=O) groups excluding carboxylic acids is 1. The normalized spacial score (nSPS) is 12.0. The molecule has 3 N–H and O–H groups in total. The van der Waals surface area contributed by atoms with Gasteiger partial charge in [0, 0.05) is 24.0 Å². The smallest absolute Gasteiger partial charge is 0.342 e. The highest BCUT2D eigenvalue weighted by atomic mass is 35.5. The number of halogens is 1. The van der Waals surface area contributed by atoms with Gasteiger partial charge in [-0.3, -0.25) is 9.59 Å². The van der Waals surface area contributed by atoms with E-state index >= 15 is 0 Å². The molecule has 0 saturated heterocycles. The first-order valence-corrected chi connectivity index (χ1v) is 10.9. The summed E-state index contributed by atoms with van der Waals surface area (Å²) in [4.78, 5) is 32.6. The van der Waals surface area contributed by atoms with Gasteiger partial charge in [-0.1, -0.05) is 42.0 Å². The molecule has 35 heavy (non-hydrogen) atoms. The van der Waals surface area contributed by atoms with Crippen molar-refractivity contribution in [2.24, 2.45) is 0 Å². The number of methoxy groups -OCH3 is 1. The van der Waals surface area contributed by atoms with E-state index in [2.05, 4.69) is 0 Å². The first-order chi connectivity index (χ1) is 16.1. The molecule has 0 amide bonds. The Kier molecular flexibility index (Phi) is 11.8. The van der Waals surface area contributed by atoms with Crippen LogP contribution in [0.5, 0.6) is 11.5 Å². The molecule has 0 atom stereocenters. The molecule has 190 valence electrons. The molecule has 0 fully saturated rings. The first-order valence-electron chi connectivity index (χ1n) is 10.9. The molecule has 1 aliphatic rings. The maximum Gasteiger partial charge on any atom is 0.342 e. The Morgan fingerprint density at radius 3 is 2.29 bits per heavy atom. The number of hydrogen-bond donors (Lipinski definition) is 3. The summed E-state index contributed by atoms with van der Waals surface area (Å²) >= 11 is 0. The highest BCUT2D eigenvalue weighted by Gasteiger charge is 2.31. The minimum Gasteiger partial charge on any atom is -0.507 e. The van der Waals surface area contributed by atoms with Gasteiger partial charge < -0.3 is 24.8 Å². The zero-order chi connectivity index (χ0) is 25.3. The Labute approximate surface area is 210 Å². The summed E-state index contributed by atoms with van der Waals surface area (Å²) < 4.78 is 10.4. The summed E-state index contributed by atoms with van der Waals surface area (Å²) in [6, 6.07) is 9.62. The molecule has 2 aromatic carbocycles. The minimum atomic E-state index is -0.853. The summed E-state index contributed by atoms with van der Waals surface area (Å²) in [5, 5.41) is 27.5. The quantitative estimate of drug-likeness (QED) is 0.324. The van der Waals surface area contributed by atoms with E-state index < -0.39 is 17.9 Å². The highest BCUT2D eigenvalue weighted by molar-refractivity contribution is 5.98. The second-order valence-electron chi connectivity index (χ2n) is 7.94. The van der Waals surface area contributed by atoms with Crippen LogP contribution < -0.4 is 4.74 Å². The van der Waals surface area contributed by atoms with Crippen LogP contribution in [0.3, 0.4) is 0 Å². The number of fused-ring (bicyclic) bond motifs is 1. The SMILES string of the molecule is COc1c(C)c2c(c(O)c1C/C=C(\C)CCC(=O)O)C(=O)OC2.Cl.O=C(O)CCc1ccccc1. The average molecular weight is 507 g/mol. The summed E-state index contributed by atoms with van der Waals surface area (Å²) in [6.07, 6.45) is 3.51. The maximum absolute atomic E-state index is 11.8. The number of cyclic esters (lactones) is 1. The predicted octanol–water partition coefficient (Wildman–Crippen LogP) is 4.86. The summed E-state index contributed by atoms with van der Waals surface area (Å²) in [6.45, 7) is 3.79. The molecule has 0 aliphatic carbocycles. The van der Waals surface area contributed by atoms with E-state index in [-0.39, 0.29) is 43.2 Å². The number of esters is 1. The number of carbonyl (C=O) groups is 3. The van der Waals surface area contributed by atoms with Gasteiger partial charge in [-0.15, -0.1) is 12.4 Å². The Bertz CT molecular complexity index is 1080. The van der Waals surface area contributed by atoms with Crippen molar-refractivity contribution >= 4 is 30.3 Å². The largest absolute Gasteiger partial charge is 0.507 e. The maximum atomic E-state index is 11.8. The third kappa shape index (κ3) is 8.33. The van der Waals surface area contributed by atoms with Crippen molar-refractivity contribution in [2.75, 3.05) is 7.11 Å². The summed E-state index contributed by atoms with van der Waals surface area (Å²) in [5.74, 6) is -1.71. The molecule has 9 heteroatoms. The van der Waals surface area contributed by atoms with E-state index in [1.54, 1.807) is 0 Å². The van der Waals surface area contributed by atoms with Gasteiger partial charge in [-0.25, -0.2) is 4.79 Å². The van der Waals surface area contributed by atoms with E-state index in [1.165, 1.54) is 7.11 Å². The van der Waals surface area contributed by atoms with Crippen LogP contribution in [0, 0.1) is 6.92 Å². The minimum absolute atomic E-state index is 0. The van der Waals surface area contributed by atoms with Gasteiger partial charge in [0.1, 0.15) is 23.7 Å². The standard InChI is InChI=1S/C17H20O6.C9H10O2.ClH/c1-9(5-7-13(18)19)4-6-11-15(20)14-12(8-23-17(14)21)10(2)16(11)22-3;10-9(11)7-6-8-4-2-1-3-5-8;/h4,20H,5-8H2,1-3H3,(H,18,19);1-5H,6-7H2,(H,10,11);1H/b9-4+;;. The van der Waals surface area contributed by atoms with Crippen LogP contribution in [0.25, 0.3) is 0 Å². The molecule has 0 spiro atoms. The lowest BCUT2D eigenvalue weighted by Crippen LogP contribution is -2.03. The molecular formula is C26H31ClO8. The second kappa shape index (κ2) is 14.0. The van der Waals surface area contributed by atoms with Crippen molar-refractivity contribution in [1.82, 2.24) is 0 Å². The molecule has 0 radical (unpaired) electrons. The van der Waals surface area contributed by atoms with Crippen LogP contribution in [0.15, 0.2) is 42.0 Å². The Balaban J connectivity index is 0.000000430. The number of aromatic hydroxyl groups is 1. The molecular weight excluding hydrogens is 476 g/mol. The lowest BCUT2D eigenvalue weighted by Gasteiger charge is -2.15. The molecule has 8 nitrogen and oxygen atoms in total. The Morgan fingerprint density at radius 2 is 1.71 bits per heavy atom. The lowest BCUT2D eigenvalue weighted by molar-refractivity contribution is -0.138. The van der Waals surface area contributed by atoms with Gasteiger partial charge in [-0.05, 0) is 44.2 Å². The van der Waals surface area contributed by atoms with Crippen molar-refractivity contribution < 1.29 is 39.2 Å². The predicted molar refractivity (Wildman–Crippen MR) is 132 cm³/mol. The van der Waals surface area contributed by atoms with Gasteiger partial charge in [0.05, 0.1) is 7.11 Å². The van der Waals surface area contributed by atoms with Gasteiger partial charge in [0.25, 0.3) is 0 Å². The van der Waals surface area contributed by atoms with Gasteiger partial charge >= 0.3 is 17.9 Å². The lowest BCUT2D eigenvalue weighted by atomic mass is 9.94. The van der Waals surface area contributed by atoms with Crippen LogP contribution >= 0.6 is 12.4 Å². The number of rotatable bonds is 9. The number of phenolic OH excluding ortho intramolecular Hbond substituents is 1. The van der Waals surface area contributed by atoms with Crippen molar-refractivity contribution in [1.29, 1.82) is 0 Å². The Hall–Kier alpha value is -3.52. The molecule has 0 aromatic heterocycles. The molecule has 1 heterocycles. The van der Waals surface area contributed by atoms with Gasteiger partial charge in [-0.2, -0.15) is 0 Å². The fourth-order valence-corrected chi connectivity index (χ4v) is 3.61. The number of allylic oxidation sites excluding steroid dienone is 2. The zero-order valence-corrected chi connectivity index (χ0v) is 20.8. The van der Waals surface area contributed by atoms with E-state index in [0.717, 1.165) is 16.7 Å². The molecule has 0 unspecified atom stereocenters.